The summed E-state index contributed by atoms with van der Waals surface area (Å²) in [4.78, 5) is 4.40. The van der Waals surface area contributed by atoms with Gasteiger partial charge in [-0.1, -0.05) is 25.1 Å². The van der Waals surface area contributed by atoms with Gasteiger partial charge in [-0.3, -0.25) is 0 Å². The molecule has 0 unspecified atom stereocenters. The number of thiazole rings is 1. The number of fused-ring (bicyclic) bond motifs is 1. The first-order chi connectivity index (χ1) is 10.4. The van der Waals surface area contributed by atoms with Crippen LogP contribution in [0, 0.1) is 0 Å². The summed E-state index contributed by atoms with van der Waals surface area (Å²) in [6.07, 6.45) is 6.43. The van der Waals surface area contributed by atoms with E-state index in [2.05, 4.69) is 52.3 Å². The van der Waals surface area contributed by atoms with Gasteiger partial charge in [-0.05, 0) is 37.6 Å². The number of hydrogen-bond donors (Lipinski definition) is 1. The minimum atomic E-state index is 0.862. The minimum Gasteiger partial charge on any atom is -0.340 e. The summed E-state index contributed by atoms with van der Waals surface area (Å²) in [6, 6.07) is 8.66. The number of nitrogens with zero attached hydrogens (tertiary/aromatic N) is 2. The molecule has 1 N–H and O–H groups in total. The largest absolute Gasteiger partial charge is 0.340 e. The summed E-state index contributed by atoms with van der Waals surface area (Å²) in [6.45, 7) is 5.20. The molecule has 0 saturated heterocycles. The van der Waals surface area contributed by atoms with Crippen LogP contribution >= 0.6 is 11.3 Å². The highest BCUT2D eigenvalue weighted by Gasteiger charge is 2.08. The van der Waals surface area contributed by atoms with Crippen molar-refractivity contribution in [3.8, 4) is 0 Å². The van der Waals surface area contributed by atoms with Gasteiger partial charge in [0.15, 0.2) is 0 Å². The standard InChI is InChI=1S/C17H21N3S/c1-2-8-18-9-7-14-12-20(13-17-19-10-11-21-17)16-6-4-3-5-15(14)16/h3-6,10-12,18H,2,7-9,13H2,1H3. The molecule has 0 aliphatic heterocycles. The number of nitrogens with one attached hydrogen (secondary N) is 1. The van der Waals surface area contributed by atoms with Gasteiger partial charge in [0.1, 0.15) is 5.01 Å². The Bertz CT molecular complexity index is 685. The molecule has 3 nitrogen and oxygen atoms in total. The lowest BCUT2D eigenvalue weighted by Gasteiger charge is -2.01. The van der Waals surface area contributed by atoms with Gasteiger partial charge in [0, 0.05) is 28.7 Å². The van der Waals surface area contributed by atoms with E-state index in [1.165, 1.54) is 22.9 Å². The molecule has 0 spiro atoms. The van der Waals surface area contributed by atoms with Crippen LogP contribution < -0.4 is 5.32 Å². The van der Waals surface area contributed by atoms with Crippen LogP contribution in [-0.2, 0) is 13.0 Å². The number of para-hydroxylation sites is 1. The maximum atomic E-state index is 4.40. The van der Waals surface area contributed by atoms with Gasteiger partial charge in [0.05, 0.1) is 6.54 Å². The number of benzene rings is 1. The van der Waals surface area contributed by atoms with Crippen molar-refractivity contribution in [2.24, 2.45) is 0 Å². The van der Waals surface area contributed by atoms with Crippen LogP contribution in [0.2, 0.25) is 0 Å². The lowest BCUT2D eigenvalue weighted by molar-refractivity contribution is 0.671. The minimum absolute atomic E-state index is 0.862. The van der Waals surface area contributed by atoms with Crippen molar-refractivity contribution in [3.05, 3.63) is 52.6 Å². The van der Waals surface area contributed by atoms with Gasteiger partial charge in [-0.15, -0.1) is 11.3 Å². The Morgan fingerprint density at radius 1 is 1.24 bits per heavy atom. The van der Waals surface area contributed by atoms with E-state index >= 15 is 0 Å². The van der Waals surface area contributed by atoms with Gasteiger partial charge in [0.2, 0.25) is 0 Å². The molecule has 2 heterocycles. The quantitative estimate of drug-likeness (QED) is 0.674. The Kier molecular flexibility index (Phi) is 4.68. The average molecular weight is 299 g/mol. The van der Waals surface area contributed by atoms with Crippen LogP contribution in [-0.4, -0.2) is 22.6 Å². The van der Waals surface area contributed by atoms with Crippen molar-refractivity contribution in [1.82, 2.24) is 14.9 Å². The Labute approximate surface area is 129 Å². The maximum absolute atomic E-state index is 4.40. The maximum Gasteiger partial charge on any atom is 0.112 e. The van der Waals surface area contributed by atoms with Crippen LogP contribution in [0.3, 0.4) is 0 Å². The lowest BCUT2D eigenvalue weighted by atomic mass is 10.1. The lowest BCUT2D eigenvalue weighted by Crippen LogP contribution is -2.17. The molecule has 0 aliphatic rings. The third-order valence-corrected chi connectivity index (χ3v) is 4.42. The summed E-state index contributed by atoms with van der Waals surface area (Å²) in [5, 5.41) is 8.05. The third kappa shape index (κ3) is 3.34. The molecule has 0 aliphatic carbocycles. The van der Waals surface area contributed by atoms with E-state index in [-0.39, 0.29) is 0 Å². The first kappa shape index (κ1) is 14.3. The van der Waals surface area contributed by atoms with Gasteiger partial charge in [0.25, 0.3) is 0 Å². The second-order valence-electron chi connectivity index (χ2n) is 5.23. The summed E-state index contributed by atoms with van der Waals surface area (Å²) >= 11 is 1.72. The van der Waals surface area contributed by atoms with Gasteiger partial charge < -0.3 is 9.88 Å². The van der Waals surface area contributed by atoms with E-state index in [9.17, 15) is 0 Å². The molecular weight excluding hydrogens is 278 g/mol. The predicted octanol–water partition coefficient (Wildman–Crippen LogP) is 3.69. The second kappa shape index (κ2) is 6.87. The van der Waals surface area contributed by atoms with Crippen molar-refractivity contribution >= 4 is 22.2 Å². The van der Waals surface area contributed by atoms with Crippen molar-refractivity contribution in [1.29, 1.82) is 0 Å². The first-order valence-electron chi connectivity index (χ1n) is 7.54. The van der Waals surface area contributed by atoms with Gasteiger partial charge in [-0.2, -0.15) is 0 Å². The van der Waals surface area contributed by atoms with E-state index in [4.69, 9.17) is 0 Å². The third-order valence-electron chi connectivity index (χ3n) is 3.66. The fourth-order valence-electron chi connectivity index (χ4n) is 2.65. The first-order valence-corrected chi connectivity index (χ1v) is 8.42. The van der Waals surface area contributed by atoms with Crippen LogP contribution in [0.25, 0.3) is 10.9 Å². The predicted molar refractivity (Wildman–Crippen MR) is 90.0 cm³/mol. The highest BCUT2D eigenvalue weighted by molar-refractivity contribution is 7.09. The average Bonchev–Trinajstić information content (AvgIpc) is 3.13. The van der Waals surface area contributed by atoms with Crippen molar-refractivity contribution in [2.75, 3.05) is 13.1 Å². The molecule has 0 saturated carbocycles. The fraction of sp³-hybridized carbons (Fsp3) is 0.353. The summed E-state index contributed by atoms with van der Waals surface area (Å²) in [5.41, 5.74) is 2.73. The zero-order valence-electron chi connectivity index (χ0n) is 12.4. The summed E-state index contributed by atoms with van der Waals surface area (Å²) < 4.78 is 2.32. The van der Waals surface area contributed by atoms with Crippen LogP contribution in [0.5, 0.6) is 0 Å². The molecule has 2 aromatic heterocycles. The van der Waals surface area contributed by atoms with E-state index < -0.39 is 0 Å². The zero-order valence-corrected chi connectivity index (χ0v) is 13.2. The molecule has 21 heavy (non-hydrogen) atoms. The monoisotopic (exact) mass is 299 g/mol. The van der Waals surface area contributed by atoms with Gasteiger partial charge >= 0.3 is 0 Å². The normalized spacial score (nSPS) is 11.3. The summed E-state index contributed by atoms with van der Waals surface area (Å²) in [7, 11) is 0. The van der Waals surface area contributed by atoms with E-state index in [0.717, 1.165) is 31.1 Å². The Hall–Kier alpha value is -1.65. The SMILES string of the molecule is CCCNCCc1cn(Cc2nccs2)c2ccccc12. The highest BCUT2D eigenvalue weighted by atomic mass is 32.1. The van der Waals surface area contributed by atoms with Crippen molar-refractivity contribution in [2.45, 2.75) is 26.3 Å². The summed E-state index contributed by atoms with van der Waals surface area (Å²) in [5.74, 6) is 0. The molecule has 0 amide bonds. The van der Waals surface area contributed by atoms with E-state index in [0.29, 0.717) is 0 Å². The molecule has 0 bridgehead atoms. The molecular formula is C17H21N3S. The number of aromatic nitrogens is 2. The highest BCUT2D eigenvalue weighted by Crippen LogP contribution is 2.23. The molecule has 0 radical (unpaired) electrons. The van der Waals surface area contributed by atoms with Crippen LogP contribution in [0.4, 0.5) is 0 Å². The number of rotatable bonds is 7. The van der Waals surface area contributed by atoms with Crippen molar-refractivity contribution in [3.63, 3.8) is 0 Å². The van der Waals surface area contributed by atoms with Gasteiger partial charge in [-0.25, -0.2) is 4.98 Å². The molecule has 3 rings (SSSR count). The Balaban J connectivity index is 1.83. The number of hydrogen-bond acceptors (Lipinski definition) is 3. The second-order valence-corrected chi connectivity index (χ2v) is 6.20. The molecule has 0 atom stereocenters. The van der Waals surface area contributed by atoms with Crippen molar-refractivity contribution < 1.29 is 0 Å². The van der Waals surface area contributed by atoms with E-state index in [1.807, 2.05) is 11.6 Å². The molecule has 3 aromatic rings. The zero-order chi connectivity index (χ0) is 14.5. The van der Waals surface area contributed by atoms with Crippen LogP contribution in [0.1, 0.15) is 23.9 Å². The molecule has 0 fully saturated rings. The molecule has 4 heteroatoms. The Morgan fingerprint density at radius 3 is 2.95 bits per heavy atom. The molecule has 110 valence electrons. The molecule has 1 aromatic carbocycles. The Morgan fingerprint density at radius 2 is 2.14 bits per heavy atom. The smallest absolute Gasteiger partial charge is 0.112 e. The van der Waals surface area contributed by atoms with Crippen LogP contribution in [0.15, 0.2) is 42.0 Å². The topological polar surface area (TPSA) is 29.9 Å². The van der Waals surface area contributed by atoms with E-state index in [1.54, 1.807) is 11.3 Å². The fourth-order valence-corrected chi connectivity index (χ4v) is 3.27.